The number of rotatable bonds is 6. The molecule has 0 aliphatic carbocycles. The van der Waals surface area contributed by atoms with Gasteiger partial charge in [0.2, 0.25) is 0 Å². The summed E-state index contributed by atoms with van der Waals surface area (Å²) in [4.78, 5) is 20.3. The van der Waals surface area contributed by atoms with Crippen molar-refractivity contribution in [2.45, 2.75) is 13.2 Å². The van der Waals surface area contributed by atoms with Crippen molar-refractivity contribution in [2.24, 2.45) is 0 Å². The highest BCUT2D eigenvalue weighted by atomic mass is 32.1. The lowest BCUT2D eigenvalue weighted by atomic mass is 10.3. The Balaban J connectivity index is 1.53. The molecule has 0 bridgehead atoms. The van der Waals surface area contributed by atoms with Crippen LogP contribution >= 0.6 is 11.3 Å². The zero-order chi connectivity index (χ0) is 16.8. The summed E-state index contributed by atoms with van der Waals surface area (Å²) in [5.74, 6) is -0.193. The van der Waals surface area contributed by atoms with Gasteiger partial charge in [-0.25, -0.2) is 9.37 Å². The Morgan fingerprint density at radius 2 is 2.21 bits per heavy atom. The van der Waals surface area contributed by atoms with Crippen LogP contribution in [0.3, 0.4) is 0 Å². The minimum Gasteiger partial charge on any atom is -0.486 e. The van der Waals surface area contributed by atoms with Gasteiger partial charge in [-0.15, -0.1) is 11.3 Å². The Kier molecular flexibility index (Phi) is 5.12. The smallest absolute Gasteiger partial charge is 0.271 e. The van der Waals surface area contributed by atoms with Crippen molar-refractivity contribution in [2.75, 3.05) is 0 Å². The van der Waals surface area contributed by atoms with Crippen LogP contribution in [0.4, 0.5) is 4.39 Å². The van der Waals surface area contributed by atoms with Crippen molar-refractivity contribution in [3.63, 3.8) is 0 Å². The number of carbonyl (C=O) groups is 1. The van der Waals surface area contributed by atoms with E-state index in [1.165, 1.54) is 23.5 Å². The van der Waals surface area contributed by atoms with E-state index >= 15 is 0 Å². The third-order valence-corrected chi connectivity index (χ3v) is 3.94. The second-order valence-electron chi connectivity index (χ2n) is 4.92. The summed E-state index contributed by atoms with van der Waals surface area (Å²) in [5.41, 5.74) is 1.25. The molecule has 3 aromatic rings. The van der Waals surface area contributed by atoms with Gasteiger partial charge in [0, 0.05) is 30.4 Å². The van der Waals surface area contributed by atoms with Gasteiger partial charge in [-0.3, -0.25) is 9.78 Å². The summed E-state index contributed by atoms with van der Waals surface area (Å²) in [7, 11) is 0. The number of pyridine rings is 1. The van der Waals surface area contributed by atoms with Crippen molar-refractivity contribution in [1.29, 1.82) is 0 Å². The molecule has 0 saturated heterocycles. The molecule has 0 aliphatic rings. The number of amides is 1. The zero-order valence-electron chi connectivity index (χ0n) is 12.6. The summed E-state index contributed by atoms with van der Waals surface area (Å²) >= 11 is 1.32. The number of nitrogens with one attached hydrogen (secondary N) is 1. The average molecular weight is 343 g/mol. The highest BCUT2D eigenvalue weighted by Crippen LogP contribution is 2.16. The van der Waals surface area contributed by atoms with E-state index in [-0.39, 0.29) is 18.3 Å². The molecule has 0 aliphatic heterocycles. The Bertz CT molecular complexity index is 823. The number of halogens is 1. The minimum atomic E-state index is -0.359. The van der Waals surface area contributed by atoms with Crippen LogP contribution in [-0.2, 0) is 13.2 Å². The Hall–Kier alpha value is -2.80. The van der Waals surface area contributed by atoms with E-state index in [1.807, 2.05) is 12.1 Å². The van der Waals surface area contributed by atoms with Crippen molar-refractivity contribution in [1.82, 2.24) is 15.3 Å². The summed E-state index contributed by atoms with van der Waals surface area (Å²) in [5, 5.41) is 5.10. The molecule has 0 radical (unpaired) electrons. The van der Waals surface area contributed by atoms with Crippen LogP contribution in [0, 0.1) is 5.82 Å². The van der Waals surface area contributed by atoms with Crippen LogP contribution in [0.2, 0.25) is 0 Å². The molecule has 1 amide bonds. The third kappa shape index (κ3) is 4.36. The lowest BCUT2D eigenvalue weighted by Gasteiger charge is -2.04. The first-order valence-electron chi connectivity index (χ1n) is 7.20. The summed E-state index contributed by atoms with van der Waals surface area (Å²) in [6.07, 6.45) is 3.37. The molecule has 122 valence electrons. The monoisotopic (exact) mass is 343 g/mol. The molecule has 0 spiro atoms. The minimum absolute atomic E-state index is 0.185. The van der Waals surface area contributed by atoms with E-state index in [9.17, 15) is 9.18 Å². The Morgan fingerprint density at radius 3 is 3.00 bits per heavy atom. The lowest BCUT2D eigenvalue weighted by Crippen LogP contribution is -2.23. The number of benzene rings is 1. The average Bonchev–Trinajstić information content (AvgIpc) is 3.08. The zero-order valence-corrected chi connectivity index (χ0v) is 13.4. The van der Waals surface area contributed by atoms with E-state index < -0.39 is 0 Å². The van der Waals surface area contributed by atoms with E-state index in [2.05, 4.69) is 15.3 Å². The second kappa shape index (κ2) is 7.65. The molecule has 0 unspecified atom stereocenters. The van der Waals surface area contributed by atoms with Gasteiger partial charge in [-0.05, 0) is 23.8 Å². The van der Waals surface area contributed by atoms with Crippen LogP contribution in [0.1, 0.15) is 21.1 Å². The first kappa shape index (κ1) is 16.1. The molecule has 5 nitrogen and oxygen atoms in total. The fraction of sp³-hybridized carbons (Fsp3) is 0.118. The van der Waals surface area contributed by atoms with Gasteiger partial charge >= 0.3 is 0 Å². The molecule has 3 rings (SSSR count). The second-order valence-corrected chi connectivity index (χ2v) is 5.86. The van der Waals surface area contributed by atoms with Gasteiger partial charge in [0.1, 0.15) is 28.9 Å². The van der Waals surface area contributed by atoms with Crippen LogP contribution in [0.15, 0.2) is 54.2 Å². The maximum Gasteiger partial charge on any atom is 0.271 e. The van der Waals surface area contributed by atoms with Crippen molar-refractivity contribution < 1.29 is 13.9 Å². The number of hydrogen-bond donors (Lipinski definition) is 1. The standard InChI is InChI=1S/C17H14FN3O2S/c18-13-4-1-5-14(7-13)23-10-16-21-15(11-24-16)17(22)20-9-12-3-2-6-19-8-12/h1-8,11H,9-10H2,(H,20,22). The Morgan fingerprint density at radius 1 is 1.29 bits per heavy atom. The lowest BCUT2D eigenvalue weighted by molar-refractivity contribution is 0.0946. The fourth-order valence-corrected chi connectivity index (χ4v) is 2.64. The van der Waals surface area contributed by atoms with Gasteiger partial charge in [0.05, 0.1) is 0 Å². The molecule has 2 heterocycles. The van der Waals surface area contributed by atoms with Gasteiger partial charge in [-0.1, -0.05) is 12.1 Å². The van der Waals surface area contributed by atoms with Gasteiger partial charge in [-0.2, -0.15) is 0 Å². The van der Waals surface area contributed by atoms with Crippen molar-refractivity contribution >= 4 is 17.2 Å². The third-order valence-electron chi connectivity index (χ3n) is 3.12. The number of thiazole rings is 1. The molecule has 7 heteroatoms. The fourth-order valence-electron chi connectivity index (χ4n) is 1.96. The molecule has 1 aromatic carbocycles. The molecule has 0 fully saturated rings. The van der Waals surface area contributed by atoms with Gasteiger partial charge in [0.15, 0.2) is 0 Å². The SMILES string of the molecule is O=C(NCc1cccnc1)c1csc(COc2cccc(F)c2)n1. The van der Waals surface area contributed by atoms with E-state index in [1.54, 1.807) is 29.9 Å². The summed E-state index contributed by atoms with van der Waals surface area (Å²) in [6, 6.07) is 9.58. The molecule has 1 N–H and O–H groups in total. The highest BCUT2D eigenvalue weighted by molar-refractivity contribution is 7.09. The van der Waals surface area contributed by atoms with E-state index in [0.29, 0.717) is 23.0 Å². The predicted octanol–water partition coefficient (Wildman–Crippen LogP) is 3.19. The summed E-state index contributed by atoms with van der Waals surface area (Å²) in [6.45, 7) is 0.573. The summed E-state index contributed by atoms with van der Waals surface area (Å²) < 4.78 is 18.5. The largest absolute Gasteiger partial charge is 0.486 e. The molecular weight excluding hydrogens is 329 g/mol. The number of aromatic nitrogens is 2. The van der Waals surface area contributed by atoms with Crippen LogP contribution in [0.25, 0.3) is 0 Å². The van der Waals surface area contributed by atoms with Crippen molar-refractivity contribution in [3.8, 4) is 5.75 Å². The highest BCUT2D eigenvalue weighted by Gasteiger charge is 2.11. The van der Waals surface area contributed by atoms with E-state index in [0.717, 1.165) is 5.56 Å². The number of nitrogens with zero attached hydrogens (tertiary/aromatic N) is 2. The maximum absolute atomic E-state index is 13.1. The van der Waals surface area contributed by atoms with Gasteiger partial charge in [0.25, 0.3) is 5.91 Å². The normalized spacial score (nSPS) is 10.4. The Labute approximate surface area is 142 Å². The van der Waals surface area contributed by atoms with E-state index in [4.69, 9.17) is 4.74 Å². The van der Waals surface area contributed by atoms with Crippen LogP contribution in [0.5, 0.6) is 5.75 Å². The number of hydrogen-bond acceptors (Lipinski definition) is 5. The molecule has 0 saturated carbocycles. The molecule has 24 heavy (non-hydrogen) atoms. The number of ether oxygens (including phenoxy) is 1. The molecule has 0 atom stereocenters. The topological polar surface area (TPSA) is 64.1 Å². The van der Waals surface area contributed by atoms with Crippen LogP contribution in [-0.4, -0.2) is 15.9 Å². The predicted molar refractivity (Wildman–Crippen MR) is 88.3 cm³/mol. The number of carbonyl (C=O) groups excluding carboxylic acids is 1. The van der Waals surface area contributed by atoms with Gasteiger partial charge < -0.3 is 10.1 Å². The molecular formula is C17H14FN3O2S. The first-order valence-corrected chi connectivity index (χ1v) is 8.08. The first-order chi connectivity index (χ1) is 11.7. The van der Waals surface area contributed by atoms with Crippen LogP contribution < -0.4 is 10.1 Å². The maximum atomic E-state index is 13.1. The van der Waals surface area contributed by atoms with Crippen molar-refractivity contribution in [3.05, 3.63) is 76.3 Å². The molecule has 2 aromatic heterocycles. The quantitative estimate of drug-likeness (QED) is 0.747.